The molecule has 0 aromatic heterocycles. The minimum Gasteiger partial charge on any atom is -0.374 e. The molecule has 0 amide bonds. The van der Waals surface area contributed by atoms with Crippen LogP contribution in [0.25, 0.3) is 0 Å². The van der Waals surface area contributed by atoms with Crippen LogP contribution in [0.15, 0.2) is 0 Å². The molecule has 1 rings (SSSR count). The molecule has 1 saturated heterocycles. The highest BCUT2D eigenvalue weighted by molar-refractivity contribution is 4.83. The van der Waals surface area contributed by atoms with Crippen LogP contribution in [0.2, 0.25) is 0 Å². The van der Waals surface area contributed by atoms with Crippen LogP contribution in [-0.2, 0) is 4.74 Å². The Hall–Kier alpha value is -0.150. The van der Waals surface area contributed by atoms with Gasteiger partial charge in [0.2, 0.25) is 0 Å². The molecule has 3 heteroatoms. The van der Waals surface area contributed by atoms with E-state index >= 15 is 0 Å². The van der Waals surface area contributed by atoms with E-state index in [0.29, 0.717) is 19.6 Å². The molecule has 0 unspecified atom stereocenters. The monoisotopic (exact) mass is 203 g/mol. The molecule has 0 N–H and O–H groups in total. The summed E-state index contributed by atoms with van der Waals surface area (Å²) in [7, 11) is 1.96. The van der Waals surface area contributed by atoms with E-state index in [4.69, 9.17) is 4.74 Å². The van der Waals surface area contributed by atoms with Crippen LogP contribution in [0.3, 0.4) is 0 Å². The van der Waals surface area contributed by atoms with Crippen LogP contribution >= 0.6 is 0 Å². The third-order valence-corrected chi connectivity index (χ3v) is 3.16. The predicted molar refractivity (Wildman–Crippen MR) is 56.3 cm³/mol. The molecule has 0 aliphatic carbocycles. The maximum Gasteiger partial charge on any atom is 0.114 e. The van der Waals surface area contributed by atoms with E-state index in [1.165, 1.54) is 0 Å². The van der Waals surface area contributed by atoms with E-state index < -0.39 is 6.17 Å². The van der Waals surface area contributed by atoms with Gasteiger partial charge >= 0.3 is 0 Å². The molecule has 14 heavy (non-hydrogen) atoms. The number of hydrogen-bond donors (Lipinski definition) is 0. The molecule has 84 valence electrons. The molecule has 0 bridgehead atoms. The second kappa shape index (κ2) is 4.58. The highest BCUT2D eigenvalue weighted by atomic mass is 19.1. The molecule has 0 saturated carbocycles. The van der Waals surface area contributed by atoms with Crippen LogP contribution < -0.4 is 0 Å². The summed E-state index contributed by atoms with van der Waals surface area (Å²) >= 11 is 0. The van der Waals surface area contributed by atoms with Crippen molar-refractivity contribution in [2.24, 2.45) is 0 Å². The molecular weight excluding hydrogens is 181 g/mol. The van der Waals surface area contributed by atoms with Gasteiger partial charge in [-0.3, -0.25) is 4.90 Å². The summed E-state index contributed by atoms with van der Waals surface area (Å²) in [5, 5.41) is 0. The van der Waals surface area contributed by atoms with E-state index in [9.17, 15) is 4.39 Å². The fraction of sp³-hybridized carbons (Fsp3) is 1.00. The van der Waals surface area contributed by atoms with Crippen molar-refractivity contribution in [1.82, 2.24) is 4.90 Å². The highest BCUT2D eigenvalue weighted by Gasteiger charge is 2.30. The van der Waals surface area contributed by atoms with E-state index in [2.05, 4.69) is 25.7 Å². The summed E-state index contributed by atoms with van der Waals surface area (Å²) in [6.07, 6.45) is 0.942. The fourth-order valence-corrected chi connectivity index (χ4v) is 1.63. The molecule has 2 atom stereocenters. The lowest BCUT2D eigenvalue weighted by Gasteiger charge is -2.27. The Morgan fingerprint density at radius 3 is 2.57 bits per heavy atom. The van der Waals surface area contributed by atoms with E-state index in [1.54, 1.807) is 0 Å². The molecule has 0 radical (unpaired) electrons. The molecule has 1 heterocycles. The van der Waals surface area contributed by atoms with Crippen LogP contribution in [-0.4, -0.2) is 42.9 Å². The van der Waals surface area contributed by atoms with Crippen molar-refractivity contribution in [2.45, 2.75) is 51.4 Å². The lowest BCUT2D eigenvalue weighted by Crippen LogP contribution is -2.34. The lowest BCUT2D eigenvalue weighted by atomic mass is 10.1. The lowest BCUT2D eigenvalue weighted by molar-refractivity contribution is -0.0400. The van der Waals surface area contributed by atoms with E-state index in [0.717, 1.165) is 6.42 Å². The van der Waals surface area contributed by atoms with Gasteiger partial charge in [0, 0.05) is 12.6 Å². The topological polar surface area (TPSA) is 12.5 Å². The highest BCUT2D eigenvalue weighted by Crippen LogP contribution is 2.21. The molecule has 2 nitrogen and oxygen atoms in total. The van der Waals surface area contributed by atoms with Gasteiger partial charge in [-0.25, -0.2) is 4.39 Å². The van der Waals surface area contributed by atoms with Crippen LogP contribution in [0.4, 0.5) is 4.39 Å². The van der Waals surface area contributed by atoms with Gasteiger partial charge in [-0.2, -0.15) is 0 Å². The molecule has 0 aromatic rings. The van der Waals surface area contributed by atoms with Crippen molar-refractivity contribution < 1.29 is 9.13 Å². The largest absolute Gasteiger partial charge is 0.374 e. The summed E-state index contributed by atoms with van der Waals surface area (Å²) in [4.78, 5) is 2.05. The maximum absolute atomic E-state index is 13.0. The first-order chi connectivity index (χ1) is 6.44. The van der Waals surface area contributed by atoms with Gasteiger partial charge in [0.1, 0.15) is 6.17 Å². The van der Waals surface area contributed by atoms with Crippen LogP contribution in [0.1, 0.15) is 33.6 Å². The summed E-state index contributed by atoms with van der Waals surface area (Å²) in [5.74, 6) is 0. The van der Waals surface area contributed by atoms with Crippen molar-refractivity contribution >= 4 is 0 Å². The Kier molecular flexibility index (Phi) is 3.90. The van der Waals surface area contributed by atoms with E-state index in [-0.39, 0.29) is 11.6 Å². The zero-order valence-electron chi connectivity index (χ0n) is 9.72. The Morgan fingerprint density at radius 2 is 2.14 bits per heavy atom. The van der Waals surface area contributed by atoms with Crippen molar-refractivity contribution in [3.05, 3.63) is 0 Å². The SMILES string of the molecule is CCC(C)(C)OC[C@@H]1C[C@H](F)CN1C. The standard InChI is InChI=1S/C11H22FNO/c1-5-11(2,3)14-8-10-6-9(12)7-13(10)4/h9-10H,5-8H2,1-4H3/t9-,10-/m0/s1. The summed E-state index contributed by atoms with van der Waals surface area (Å²) in [6, 6.07) is 0.260. The van der Waals surface area contributed by atoms with Gasteiger partial charge < -0.3 is 4.74 Å². The van der Waals surface area contributed by atoms with Crippen molar-refractivity contribution in [2.75, 3.05) is 20.2 Å². The van der Waals surface area contributed by atoms with Gasteiger partial charge in [0.05, 0.1) is 12.2 Å². The van der Waals surface area contributed by atoms with Crippen molar-refractivity contribution in [3.63, 3.8) is 0 Å². The minimum absolute atomic E-state index is 0.0742. The Balaban J connectivity index is 2.31. The fourth-order valence-electron chi connectivity index (χ4n) is 1.63. The molecular formula is C11H22FNO. The van der Waals surface area contributed by atoms with Crippen molar-refractivity contribution in [3.8, 4) is 0 Å². The van der Waals surface area contributed by atoms with Crippen molar-refractivity contribution in [1.29, 1.82) is 0 Å². The van der Waals surface area contributed by atoms with Crippen LogP contribution in [0.5, 0.6) is 0 Å². The maximum atomic E-state index is 13.0. The second-order valence-electron chi connectivity index (χ2n) is 4.85. The normalized spacial score (nSPS) is 29.8. The first-order valence-corrected chi connectivity index (χ1v) is 5.43. The third-order valence-electron chi connectivity index (χ3n) is 3.16. The predicted octanol–water partition coefficient (Wildman–Crippen LogP) is 2.23. The molecule has 1 aliphatic rings. The van der Waals surface area contributed by atoms with E-state index in [1.807, 2.05) is 7.05 Å². The average Bonchev–Trinajstić information content (AvgIpc) is 2.42. The number of likely N-dealkylation sites (tertiary alicyclic amines) is 1. The third kappa shape index (κ3) is 3.21. The number of ether oxygens (including phenoxy) is 1. The number of alkyl halides is 1. The summed E-state index contributed by atoms with van der Waals surface area (Å²) in [6.45, 7) is 7.47. The van der Waals surface area contributed by atoms with Crippen LogP contribution in [0, 0.1) is 0 Å². The minimum atomic E-state index is -0.668. The first-order valence-electron chi connectivity index (χ1n) is 5.43. The summed E-state index contributed by atoms with van der Waals surface area (Å²) in [5.41, 5.74) is -0.0742. The first kappa shape index (κ1) is 11.9. The summed E-state index contributed by atoms with van der Waals surface area (Å²) < 4.78 is 18.8. The molecule has 0 aromatic carbocycles. The molecule has 0 spiro atoms. The molecule has 1 aliphatic heterocycles. The number of hydrogen-bond acceptors (Lipinski definition) is 2. The van der Waals surface area contributed by atoms with Gasteiger partial charge in [-0.15, -0.1) is 0 Å². The average molecular weight is 203 g/mol. The zero-order chi connectivity index (χ0) is 10.8. The second-order valence-corrected chi connectivity index (χ2v) is 4.85. The zero-order valence-corrected chi connectivity index (χ0v) is 9.72. The number of likely N-dealkylation sites (N-methyl/N-ethyl adjacent to an activating group) is 1. The smallest absolute Gasteiger partial charge is 0.114 e. The van der Waals surface area contributed by atoms with Gasteiger partial charge in [-0.1, -0.05) is 6.92 Å². The van der Waals surface area contributed by atoms with Gasteiger partial charge in [-0.05, 0) is 33.7 Å². The number of rotatable bonds is 4. The molecule has 1 fully saturated rings. The Bertz CT molecular complexity index is 184. The van der Waals surface area contributed by atoms with Gasteiger partial charge in [0.15, 0.2) is 0 Å². The Morgan fingerprint density at radius 1 is 1.50 bits per heavy atom. The quantitative estimate of drug-likeness (QED) is 0.694. The number of nitrogens with zero attached hydrogens (tertiary/aromatic N) is 1. The Labute approximate surface area is 86.4 Å². The van der Waals surface area contributed by atoms with Gasteiger partial charge in [0.25, 0.3) is 0 Å². The number of halogens is 1.